The molecule has 0 radical (unpaired) electrons. The first-order chi connectivity index (χ1) is 16.2. The van der Waals surface area contributed by atoms with Gasteiger partial charge in [0.2, 0.25) is 0 Å². The third kappa shape index (κ3) is 6.20. The predicted molar refractivity (Wildman–Crippen MR) is 131 cm³/mol. The predicted octanol–water partition coefficient (Wildman–Crippen LogP) is 4.61. The van der Waals surface area contributed by atoms with Gasteiger partial charge < -0.3 is 19.5 Å². The topological polar surface area (TPSA) is 103 Å². The van der Waals surface area contributed by atoms with Gasteiger partial charge in [0.05, 0.1) is 24.8 Å². The Hall–Kier alpha value is -3.72. The molecule has 8 nitrogen and oxygen atoms in total. The van der Waals surface area contributed by atoms with E-state index in [1.165, 1.54) is 31.4 Å². The fraction of sp³-hybridized carbons (Fsp3) is 0.240. The van der Waals surface area contributed by atoms with Crippen molar-refractivity contribution in [2.24, 2.45) is 0 Å². The molecular formula is C25H28N2O6S. The van der Waals surface area contributed by atoms with Crippen molar-refractivity contribution in [3.63, 3.8) is 0 Å². The van der Waals surface area contributed by atoms with Crippen LogP contribution in [0.15, 0.2) is 71.6 Å². The van der Waals surface area contributed by atoms with Crippen LogP contribution in [-0.2, 0) is 14.8 Å². The van der Waals surface area contributed by atoms with Gasteiger partial charge in [-0.15, -0.1) is 0 Å². The molecule has 3 aromatic carbocycles. The minimum atomic E-state index is -3.85. The van der Waals surface area contributed by atoms with Crippen molar-refractivity contribution in [1.29, 1.82) is 0 Å². The summed E-state index contributed by atoms with van der Waals surface area (Å²) in [5.41, 5.74) is 1.69. The second-order valence-corrected chi connectivity index (χ2v) is 9.20. The Morgan fingerprint density at radius 2 is 1.56 bits per heavy atom. The van der Waals surface area contributed by atoms with Crippen molar-refractivity contribution in [1.82, 2.24) is 0 Å². The lowest BCUT2D eigenvalue weighted by atomic mass is 10.2. The molecule has 0 aliphatic heterocycles. The first-order valence-electron chi connectivity index (χ1n) is 10.6. The third-order valence-corrected chi connectivity index (χ3v) is 6.41. The zero-order valence-electron chi connectivity index (χ0n) is 19.5. The van der Waals surface area contributed by atoms with Gasteiger partial charge in [-0.2, -0.15) is 0 Å². The van der Waals surface area contributed by atoms with Crippen LogP contribution in [0.2, 0.25) is 0 Å². The monoisotopic (exact) mass is 484 g/mol. The number of nitrogens with one attached hydrogen (secondary N) is 2. The van der Waals surface area contributed by atoms with Crippen molar-refractivity contribution in [2.45, 2.75) is 31.3 Å². The Balaban J connectivity index is 1.68. The van der Waals surface area contributed by atoms with Gasteiger partial charge in [0.15, 0.2) is 6.10 Å². The highest BCUT2D eigenvalue weighted by Gasteiger charge is 2.20. The van der Waals surface area contributed by atoms with Gasteiger partial charge in [0, 0.05) is 5.69 Å². The summed E-state index contributed by atoms with van der Waals surface area (Å²) >= 11 is 0. The van der Waals surface area contributed by atoms with Crippen LogP contribution in [0.3, 0.4) is 0 Å². The molecule has 180 valence electrons. The number of rotatable bonds is 10. The Kier molecular flexibility index (Phi) is 8.01. The van der Waals surface area contributed by atoms with Crippen molar-refractivity contribution in [3.05, 3.63) is 72.3 Å². The average Bonchev–Trinajstić information content (AvgIpc) is 2.83. The summed E-state index contributed by atoms with van der Waals surface area (Å²) in [6, 6.07) is 18.1. The first-order valence-corrected chi connectivity index (χ1v) is 12.1. The summed E-state index contributed by atoms with van der Waals surface area (Å²) in [5.74, 6) is 1.31. The van der Waals surface area contributed by atoms with Crippen molar-refractivity contribution in [3.8, 4) is 17.2 Å². The molecule has 0 aromatic heterocycles. The summed E-state index contributed by atoms with van der Waals surface area (Å²) in [6.45, 7) is 3.70. The van der Waals surface area contributed by atoms with Gasteiger partial charge in [0.25, 0.3) is 15.9 Å². The van der Waals surface area contributed by atoms with Crippen LogP contribution in [0.1, 0.15) is 18.9 Å². The second kappa shape index (κ2) is 10.9. The number of benzene rings is 3. The van der Waals surface area contributed by atoms with E-state index in [2.05, 4.69) is 10.0 Å². The molecule has 0 fully saturated rings. The summed E-state index contributed by atoms with van der Waals surface area (Å²) in [4.78, 5) is 12.7. The van der Waals surface area contributed by atoms with Crippen molar-refractivity contribution in [2.75, 3.05) is 24.3 Å². The highest BCUT2D eigenvalue weighted by Crippen LogP contribution is 2.28. The first kappa shape index (κ1) is 24.9. The molecule has 0 aliphatic rings. The molecule has 0 saturated heterocycles. The summed E-state index contributed by atoms with van der Waals surface area (Å²) in [5, 5.41) is 2.77. The maximum absolute atomic E-state index is 12.8. The SMILES string of the molecule is CCC(Oc1ccc(OC)cc1)C(=O)Nc1ccc(S(=O)(=O)Nc2cc(C)ccc2OC)cc1. The summed E-state index contributed by atoms with van der Waals surface area (Å²) < 4.78 is 44.4. The standard InChI is InChI=1S/C25H28N2O6S/c1-5-23(33-20-11-9-19(31-3)10-12-20)25(28)26-18-7-13-21(14-8-18)34(29,30)27-22-16-17(2)6-15-24(22)32-4/h6-16,23,27H,5H2,1-4H3,(H,26,28). The number of carbonyl (C=O) groups is 1. The largest absolute Gasteiger partial charge is 0.497 e. The van der Waals surface area contributed by atoms with Crippen molar-refractivity contribution < 1.29 is 27.4 Å². The second-order valence-electron chi connectivity index (χ2n) is 7.51. The van der Waals surface area contributed by atoms with E-state index in [1.54, 1.807) is 43.5 Å². The molecule has 1 amide bonds. The number of sulfonamides is 1. The number of anilines is 2. The van der Waals surface area contributed by atoms with E-state index in [0.717, 1.165) is 5.56 Å². The smallest absolute Gasteiger partial charge is 0.265 e. The minimum Gasteiger partial charge on any atom is -0.497 e. The van der Waals surface area contributed by atoms with Crippen LogP contribution in [0.5, 0.6) is 17.2 Å². The lowest BCUT2D eigenvalue weighted by molar-refractivity contribution is -0.122. The molecular weight excluding hydrogens is 456 g/mol. The van der Waals surface area contributed by atoms with E-state index in [-0.39, 0.29) is 10.8 Å². The lowest BCUT2D eigenvalue weighted by Gasteiger charge is -2.18. The van der Waals surface area contributed by atoms with E-state index >= 15 is 0 Å². The normalized spacial score (nSPS) is 11.9. The molecule has 0 heterocycles. The van der Waals surface area contributed by atoms with Gasteiger partial charge in [-0.1, -0.05) is 13.0 Å². The molecule has 3 aromatic rings. The van der Waals surface area contributed by atoms with Crippen LogP contribution in [0.25, 0.3) is 0 Å². The van der Waals surface area contributed by atoms with Crippen LogP contribution in [0.4, 0.5) is 11.4 Å². The number of hydrogen-bond acceptors (Lipinski definition) is 6. The zero-order chi connectivity index (χ0) is 24.7. The Morgan fingerprint density at radius 1 is 0.912 bits per heavy atom. The molecule has 34 heavy (non-hydrogen) atoms. The molecule has 1 atom stereocenters. The highest BCUT2D eigenvalue weighted by atomic mass is 32.2. The molecule has 3 rings (SSSR count). The van der Waals surface area contributed by atoms with E-state index in [4.69, 9.17) is 14.2 Å². The van der Waals surface area contributed by atoms with Gasteiger partial charge in [-0.25, -0.2) is 8.42 Å². The highest BCUT2D eigenvalue weighted by molar-refractivity contribution is 7.92. The minimum absolute atomic E-state index is 0.0515. The number of aryl methyl sites for hydroxylation is 1. The van der Waals surface area contributed by atoms with Gasteiger partial charge in [0.1, 0.15) is 17.2 Å². The Labute approximate surface area is 199 Å². The quantitative estimate of drug-likeness (QED) is 0.436. The van der Waals surface area contributed by atoms with Gasteiger partial charge >= 0.3 is 0 Å². The zero-order valence-corrected chi connectivity index (χ0v) is 20.3. The van der Waals surface area contributed by atoms with Crippen LogP contribution >= 0.6 is 0 Å². The lowest BCUT2D eigenvalue weighted by Crippen LogP contribution is -2.32. The van der Waals surface area contributed by atoms with Crippen LogP contribution in [-0.4, -0.2) is 34.6 Å². The van der Waals surface area contributed by atoms with Gasteiger partial charge in [-0.3, -0.25) is 9.52 Å². The number of hydrogen-bond donors (Lipinski definition) is 2. The summed E-state index contributed by atoms with van der Waals surface area (Å²) in [7, 11) is -0.805. The molecule has 9 heteroatoms. The number of carbonyl (C=O) groups excluding carboxylic acids is 1. The fourth-order valence-corrected chi connectivity index (χ4v) is 4.25. The maximum atomic E-state index is 12.8. The number of methoxy groups -OCH3 is 2. The van der Waals surface area contributed by atoms with E-state index in [0.29, 0.717) is 35.0 Å². The molecule has 0 saturated carbocycles. The van der Waals surface area contributed by atoms with Crippen LogP contribution in [0, 0.1) is 6.92 Å². The van der Waals surface area contributed by atoms with E-state index in [9.17, 15) is 13.2 Å². The van der Waals surface area contributed by atoms with E-state index < -0.39 is 16.1 Å². The Morgan fingerprint density at radius 3 is 2.15 bits per heavy atom. The van der Waals surface area contributed by atoms with Crippen molar-refractivity contribution >= 4 is 27.3 Å². The third-order valence-electron chi connectivity index (χ3n) is 5.03. The number of ether oxygens (including phenoxy) is 3. The summed E-state index contributed by atoms with van der Waals surface area (Å²) in [6.07, 6.45) is -0.265. The molecule has 1 unspecified atom stereocenters. The molecule has 0 spiro atoms. The molecule has 2 N–H and O–H groups in total. The van der Waals surface area contributed by atoms with Gasteiger partial charge in [-0.05, 0) is 79.6 Å². The molecule has 0 bridgehead atoms. The fourth-order valence-electron chi connectivity index (χ4n) is 3.19. The maximum Gasteiger partial charge on any atom is 0.265 e. The number of amides is 1. The van der Waals surface area contributed by atoms with Crippen LogP contribution < -0.4 is 24.2 Å². The van der Waals surface area contributed by atoms with E-state index in [1.807, 2.05) is 19.9 Å². The average molecular weight is 485 g/mol. The molecule has 0 aliphatic carbocycles. The Bertz CT molecular complexity index is 1230.